The van der Waals surface area contributed by atoms with E-state index < -0.39 is 6.09 Å². The first-order valence-electron chi connectivity index (χ1n) is 6.58. The van der Waals surface area contributed by atoms with Crippen molar-refractivity contribution in [3.8, 4) is 0 Å². The summed E-state index contributed by atoms with van der Waals surface area (Å²) in [6.45, 7) is 0.889. The van der Waals surface area contributed by atoms with Crippen LogP contribution in [0.3, 0.4) is 0 Å². The maximum Gasteiger partial charge on any atom is 0.407 e. The Morgan fingerprint density at radius 1 is 1.30 bits per heavy atom. The Kier molecular flexibility index (Phi) is 3.33. The third-order valence-corrected chi connectivity index (χ3v) is 3.46. The fraction of sp³-hybridized carbons (Fsp3) is 0.267. The molecule has 2 aromatic rings. The summed E-state index contributed by atoms with van der Waals surface area (Å²) >= 11 is 0. The van der Waals surface area contributed by atoms with E-state index in [9.17, 15) is 4.79 Å². The van der Waals surface area contributed by atoms with Gasteiger partial charge in [-0.05, 0) is 5.56 Å². The summed E-state index contributed by atoms with van der Waals surface area (Å²) in [7, 11) is 0. The van der Waals surface area contributed by atoms with Crippen molar-refractivity contribution >= 4 is 6.09 Å². The second kappa shape index (κ2) is 5.28. The molecule has 1 aromatic carbocycles. The van der Waals surface area contributed by atoms with E-state index in [1.54, 1.807) is 6.20 Å². The second-order valence-corrected chi connectivity index (χ2v) is 4.87. The number of carbonyl (C=O) groups is 1. The zero-order chi connectivity index (χ0) is 13.9. The summed E-state index contributed by atoms with van der Waals surface area (Å²) in [6, 6.07) is 10.1. The normalized spacial score (nSPS) is 13.9. The van der Waals surface area contributed by atoms with Crippen molar-refractivity contribution in [3.05, 3.63) is 59.2 Å². The van der Waals surface area contributed by atoms with Gasteiger partial charge < -0.3 is 10.0 Å². The number of amides is 1. The van der Waals surface area contributed by atoms with Gasteiger partial charge in [0.1, 0.15) is 5.82 Å². The van der Waals surface area contributed by atoms with Gasteiger partial charge in [-0.3, -0.25) is 0 Å². The first kappa shape index (κ1) is 12.6. The summed E-state index contributed by atoms with van der Waals surface area (Å²) in [5.74, 6) is 0.790. The molecule has 5 heteroatoms. The van der Waals surface area contributed by atoms with E-state index in [1.165, 1.54) is 10.5 Å². The zero-order valence-corrected chi connectivity index (χ0v) is 11.0. The molecule has 20 heavy (non-hydrogen) atoms. The first-order valence-corrected chi connectivity index (χ1v) is 6.58. The predicted octanol–water partition coefficient (Wildman–Crippen LogP) is 2.10. The molecule has 0 fully saturated rings. The molecule has 0 unspecified atom stereocenters. The number of nitrogens with zero attached hydrogens (tertiary/aromatic N) is 3. The highest BCUT2D eigenvalue weighted by Gasteiger charge is 2.21. The topological polar surface area (TPSA) is 66.3 Å². The van der Waals surface area contributed by atoms with Crippen molar-refractivity contribution in [3.63, 3.8) is 0 Å². The van der Waals surface area contributed by atoms with Crippen molar-refractivity contribution in [2.24, 2.45) is 0 Å². The SMILES string of the molecule is O=C(O)N1CCc2nc(Cc3ccccc3)ncc2C1. The van der Waals surface area contributed by atoms with E-state index in [0.717, 1.165) is 17.1 Å². The number of hydrogen-bond donors (Lipinski definition) is 1. The minimum Gasteiger partial charge on any atom is -0.465 e. The number of hydrogen-bond acceptors (Lipinski definition) is 3. The van der Waals surface area contributed by atoms with Crippen molar-refractivity contribution in [2.45, 2.75) is 19.4 Å². The smallest absolute Gasteiger partial charge is 0.407 e. The fourth-order valence-corrected chi connectivity index (χ4v) is 2.38. The molecule has 0 spiro atoms. The van der Waals surface area contributed by atoms with Crippen LogP contribution in [-0.2, 0) is 19.4 Å². The summed E-state index contributed by atoms with van der Waals surface area (Å²) < 4.78 is 0. The third-order valence-electron chi connectivity index (χ3n) is 3.46. The van der Waals surface area contributed by atoms with Crippen LogP contribution in [0, 0.1) is 0 Å². The van der Waals surface area contributed by atoms with Crippen molar-refractivity contribution < 1.29 is 9.90 Å². The number of fused-ring (bicyclic) bond motifs is 1. The minimum atomic E-state index is -0.885. The fourth-order valence-electron chi connectivity index (χ4n) is 2.38. The minimum absolute atomic E-state index is 0.385. The lowest BCUT2D eigenvalue weighted by atomic mass is 10.1. The molecule has 0 saturated carbocycles. The van der Waals surface area contributed by atoms with Gasteiger partial charge in [0.05, 0.1) is 12.2 Å². The summed E-state index contributed by atoms with van der Waals surface area (Å²) in [5.41, 5.74) is 3.06. The molecule has 0 radical (unpaired) electrons. The van der Waals surface area contributed by atoms with E-state index >= 15 is 0 Å². The molecule has 0 atom stereocenters. The Balaban J connectivity index is 1.79. The molecular formula is C15H15N3O2. The van der Waals surface area contributed by atoms with Gasteiger partial charge in [0, 0.05) is 31.1 Å². The maximum absolute atomic E-state index is 11.0. The van der Waals surface area contributed by atoms with Crippen LogP contribution in [0.4, 0.5) is 4.79 Å². The first-order chi connectivity index (χ1) is 9.72. The lowest BCUT2D eigenvalue weighted by Gasteiger charge is -2.25. The maximum atomic E-state index is 11.0. The third kappa shape index (κ3) is 2.61. The standard InChI is InChI=1S/C15H15N3O2/c19-15(20)18-7-6-13-12(10-18)9-16-14(17-13)8-11-4-2-1-3-5-11/h1-5,9H,6-8,10H2,(H,19,20). The quantitative estimate of drug-likeness (QED) is 0.906. The molecule has 0 saturated heterocycles. The molecule has 1 aliphatic rings. The Bertz CT molecular complexity index is 628. The van der Waals surface area contributed by atoms with E-state index in [4.69, 9.17) is 5.11 Å². The van der Waals surface area contributed by atoms with E-state index in [-0.39, 0.29) is 0 Å². The molecule has 0 aliphatic carbocycles. The van der Waals surface area contributed by atoms with Crippen molar-refractivity contribution in [1.82, 2.24) is 14.9 Å². The zero-order valence-electron chi connectivity index (χ0n) is 11.0. The number of aromatic nitrogens is 2. The summed E-state index contributed by atoms with van der Waals surface area (Å²) in [5, 5.41) is 9.00. The van der Waals surface area contributed by atoms with Crippen LogP contribution in [0.25, 0.3) is 0 Å². The molecule has 1 N–H and O–H groups in total. The largest absolute Gasteiger partial charge is 0.465 e. The summed E-state index contributed by atoms with van der Waals surface area (Å²) in [6.07, 6.45) is 2.24. The van der Waals surface area contributed by atoms with Gasteiger partial charge >= 0.3 is 6.09 Å². The van der Waals surface area contributed by atoms with E-state index in [1.807, 2.05) is 18.2 Å². The van der Waals surface area contributed by atoms with Crippen LogP contribution in [0.2, 0.25) is 0 Å². The lowest BCUT2D eigenvalue weighted by Crippen LogP contribution is -2.35. The Morgan fingerprint density at radius 3 is 2.85 bits per heavy atom. The number of benzene rings is 1. The van der Waals surface area contributed by atoms with Gasteiger partial charge in [-0.15, -0.1) is 0 Å². The van der Waals surface area contributed by atoms with Crippen molar-refractivity contribution in [1.29, 1.82) is 0 Å². The number of rotatable bonds is 2. The van der Waals surface area contributed by atoms with Crippen LogP contribution in [-0.4, -0.2) is 32.6 Å². The highest BCUT2D eigenvalue weighted by atomic mass is 16.4. The highest BCUT2D eigenvalue weighted by molar-refractivity contribution is 5.65. The van der Waals surface area contributed by atoms with Gasteiger partial charge in [0.15, 0.2) is 0 Å². The molecule has 2 heterocycles. The van der Waals surface area contributed by atoms with E-state index in [0.29, 0.717) is 25.9 Å². The lowest BCUT2D eigenvalue weighted by molar-refractivity contribution is 0.139. The Hall–Kier alpha value is -2.43. The van der Waals surface area contributed by atoms with Gasteiger partial charge in [0.25, 0.3) is 0 Å². The highest BCUT2D eigenvalue weighted by Crippen LogP contribution is 2.17. The average Bonchev–Trinajstić information content (AvgIpc) is 2.47. The van der Waals surface area contributed by atoms with Crippen LogP contribution in [0.15, 0.2) is 36.5 Å². The molecule has 1 aromatic heterocycles. The predicted molar refractivity (Wildman–Crippen MR) is 73.4 cm³/mol. The molecule has 5 nitrogen and oxygen atoms in total. The molecule has 102 valence electrons. The van der Waals surface area contributed by atoms with Gasteiger partial charge in [-0.25, -0.2) is 14.8 Å². The average molecular weight is 269 g/mol. The molecule has 0 bridgehead atoms. The molecule has 3 rings (SSSR count). The second-order valence-electron chi connectivity index (χ2n) is 4.87. The molecule has 1 aliphatic heterocycles. The molecular weight excluding hydrogens is 254 g/mol. The van der Waals surface area contributed by atoms with Crippen LogP contribution >= 0.6 is 0 Å². The van der Waals surface area contributed by atoms with Gasteiger partial charge in [-0.2, -0.15) is 0 Å². The summed E-state index contributed by atoms with van der Waals surface area (Å²) in [4.78, 5) is 21.3. The van der Waals surface area contributed by atoms with Gasteiger partial charge in [0.2, 0.25) is 0 Å². The monoisotopic (exact) mass is 269 g/mol. The number of carboxylic acid groups (broad SMARTS) is 1. The van der Waals surface area contributed by atoms with Gasteiger partial charge in [-0.1, -0.05) is 30.3 Å². The van der Waals surface area contributed by atoms with Crippen molar-refractivity contribution in [2.75, 3.05) is 6.54 Å². The van der Waals surface area contributed by atoms with E-state index in [2.05, 4.69) is 22.1 Å². The van der Waals surface area contributed by atoms with Crippen LogP contribution in [0.1, 0.15) is 22.6 Å². The van der Waals surface area contributed by atoms with Crippen LogP contribution < -0.4 is 0 Å². The molecule has 1 amide bonds. The Labute approximate surface area is 116 Å². The Morgan fingerprint density at radius 2 is 2.10 bits per heavy atom. The van der Waals surface area contributed by atoms with Crippen LogP contribution in [0.5, 0.6) is 0 Å².